The Bertz CT molecular complexity index is 1580. The monoisotopic (exact) mass is 577 g/mol. The normalized spacial score (nSPS) is 14.2. The van der Waals surface area contributed by atoms with Crippen LogP contribution >= 0.6 is 11.3 Å². The summed E-state index contributed by atoms with van der Waals surface area (Å²) in [6, 6.07) is 20.3. The van der Waals surface area contributed by atoms with Gasteiger partial charge in [0.25, 0.3) is 0 Å². The Morgan fingerprint density at radius 3 is 2.39 bits per heavy atom. The van der Waals surface area contributed by atoms with Crippen LogP contribution in [-0.4, -0.2) is 25.8 Å². The van der Waals surface area contributed by atoms with E-state index >= 15 is 0 Å². The van der Waals surface area contributed by atoms with E-state index in [1.165, 1.54) is 24.3 Å². The maximum Gasteiger partial charge on any atom is 0.412 e. The Morgan fingerprint density at radius 2 is 1.73 bits per heavy atom. The number of halogens is 2. The van der Waals surface area contributed by atoms with Crippen LogP contribution in [0.3, 0.4) is 0 Å². The molecule has 0 aliphatic heterocycles. The van der Waals surface area contributed by atoms with Crippen LogP contribution in [0, 0.1) is 10.9 Å². The molecule has 1 aliphatic carbocycles. The van der Waals surface area contributed by atoms with Crippen molar-refractivity contribution >= 4 is 29.1 Å². The number of amides is 1. The van der Waals surface area contributed by atoms with Gasteiger partial charge in [-0.05, 0) is 67.1 Å². The first-order chi connectivity index (χ1) is 19.7. The molecule has 4 aromatic rings. The van der Waals surface area contributed by atoms with Gasteiger partial charge in [-0.3, -0.25) is 10.1 Å². The van der Waals surface area contributed by atoms with Crippen LogP contribution in [0.25, 0.3) is 21.6 Å². The number of thiophene rings is 1. The highest BCUT2D eigenvalue weighted by molar-refractivity contribution is 7.14. The van der Waals surface area contributed by atoms with Crippen molar-refractivity contribution in [2.24, 2.45) is 0 Å². The van der Waals surface area contributed by atoms with Crippen molar-refractivity contribution in [1.82, 2.24) is 0 Å². The molecule has 1 atom stereocenters. The average Bonchev–Trinajstić information content (AvgIpc) is 3.70. The van der Waals surface area contributed by atoms with Crippen molar-refractivity contribution in [2.45, 2.75) is 38.2 Å². The van der Waals surface area contributed by atoms with Crippen molar-refractivity contribution in [3.05, 3.63) is 94.9 Å². The fourth-order valence-electron chi connectivity index (χ4n) is 4.84. The first-order valence-electron chi connectivity index (χ1n) is 13.2. The SMILES string of the molecule is CCOC(=O)C1(c2ccc(-c3ccc(-c4sc(F)cc4NC(=O)OC(C)c4cccc(F)c4)cc3OC)cc2)CC1. The van der Waals surface area contributed by atoms with Crippen molar-refractivity contribution in [3.63, 3.8) is 0 Å². The predicted molar refractivity (Wildman–Crippen MR) is 154 cm³/mol. The van der Waals surface area contributed by atoms with Gasteiger partial charge in [0, 0.05) is 11.6 Å². The smallest absolute Gasteiger partial charge is 0.412 e. The van der Waals surface area contributed by atoms with Crippen molar-refractivity contribution in [2.75, 3.05) is 19.0 Å². The molecule has 41 heavy (non-hydrogen) atoms. The van der Waals surface area contributed by atoms with E-state index in [1.54, 1.807) is 33.1 Å². The molecule has 1 N–H and O–H groups in total. The zero-order valence-corrected chi connectivity index (χ0v) is 23.6. The molecule has 9 heteroatoms. The summed E-state index contributed by atoms with van der Waals surface area (Å²) in [4.78, 5) is 25.6. The minimum atomic E-state index is -0.791. The van der Waals surface area contributed by atoms with Crippen molar-refractivity contribution in [1.29, 1.82) is 0 Å². The molecular weight excluding hydrogens is 548 g/mol. The highest BCUT2D eigenvalue weighted by atomic mass is 32.1. The largest absolute Gasteiger partial charge is 0.496 e. The number of hydrogen-bond acceptors (Lipinski definition) is 6. The van der Waals surface area contributed by atoms with Gasteiger partial charge in [-0.2, -0.15) is 4.39 Å². The zero-order chi connectivity index (χ0) is 29.1. The summed E-state index contributed by atoms with van der Waals surface area (Å²) in [5, 5.41) is 2.13. The summed E-state index contributed by atoms with van der Waals surface area (Å²) in [6.45, 7) is 3.78. The van der Waals surface area contributed by atoms with Crippen molar-refractivity contribution in [3.8, 4) is 27.3 Å². The Labute approximate surface area is 240 Å². The highest BCUT2D eigenvalue weighted by Crippen LogP contribution is 2.50. The molecule has 1 fully saturated rings. The molecule has 3 aromatic carbocycles. The lowest BCUT2D eigenvalue weighted by molar-refractivity contribution is -0.146. The molecule has 1 unspecified atom stereocenters. The van der Waals surface area contributed by atoms with E-state index in [-0.39, 0.29) is 11.7 Å². The number of rotatable bonds is 9. The number of carbonyl (C=O) groups excluding carboxylic acids is 2. The lowest BCUT2D eigenvalue weighted by Crippen LogP contribution is -2.23. The van der Waals surface area contributed by atoms with Crippen LogP contribution in [0.1, 0.15) is 43.9 Å². The Kier molecular flexibility index (Phi) is 8.08. The summed E-state index contributed by atoms with van der Waals surface area (Å²) in [7, 11) is 1.55. The van der Waals surface area contributed by atoms with Crippen molar-refractivity contribution < 1.29 is 32.6 Å². The number of esters is 1. The molecule has 1 amide bonds. The van der Waals surface area contributed by atoms with Crippen LogP contribution in [0.15, 0.2) is 72.8 Å². The molecule has 1 aromatic heterocycles. The number of benzene rings is 3. The molecule has 0 bridgehead atoms. The molecule has 1 saturated carbocycles. The number of methoxy groups -OCH3 is 1. The maximum atomic E-state index is 14.4. The Balaban J connectivity index is 1.35. The average molecular weight is 578 g/mol. The minimum Gasteiger partial charge on any atom is -0.496 e. The topological polar surface area (TPSA) is 73.9 Å². The van der Waals surface area contributed by atoms with Gasteiger partial charge in [0.1, 0.15) is 17.7 Å². The van der Waals surface area contributed by atoms with Gasteiger partial charge in [-0.15, -0.1) is 11.3 Å². The van der Waals surface area contributed by atoms with E-state index < -0.39 is 28.6 Å². The molecule has 0 radical (unpaired) electrons. The third-order valence-corrected chi connectivity index (χ3v) is 8.14. The number of ether oxygens (including phenoxy) is 3. The quantitative estimate of drug-likeness (QED) is 0.203. The molecule has 5 rings (SSSR count). The number of anilines is 1. The van der Waals surface area contributed by atoms with Gasteiger partial charge in [0.2, 0.25) is 0 Å². The molecular formula is C32H29F2NO5S. The summed E-state index contributed by atoms with van der Waals surface area (Å²) in [6.07, 6.45) is 0.0406. The van der Waals surface area contributed by atoms with Gasteiger partial charge < -0.3 is 14.2 Å². The standard InChI is InChI=1S/C32H29F2NO5S/c1-4-39-30(36)32(14-15-32)23-11-8-20(9-12-23)25-13-10-22(17-27(25)38-3)29-26(18-28(34)41-29)35-31(37)40-19(2)21-6-5-7-24(33)16-21/h5-13,16-19H,4,14-15H2,1-3H3,(H,35,37). The molecule has 1 heterocycles. The molecule has 212 valence electrons. The summed E-state index contributed by atoms with van der Waals surface area (Å²) >= 11 is 0.880. The van der Waals surface area contributed by atoms with E-state index in [4.69, 9.17) is 14.2 Å². The third kappa shape index (κ3) is 5.95. The third-order valence-electron chi connectivity index (χ3n) is 7.17. The van der Waals surface area contributed by atoms with Gasteiger partial charge >= 0.3 is 12.1 Å². The van der Waals surface area contributed by atoms with Crippen LogP contribution < -0.4 is 10.1 Å². The van der Waals surface area contributed by atoms with Crippen LogP contribution in [0.4, 0.5) is 19.3 Å². The highest BCUT2D eigenvalue weighted by Gasteiger charge is 2.52. The Morgan fingerprint density at radius 1 is 1.00 bits per heavy atom. The lowest BCUT2D eigenvalue weighted by Gasteiger charge is -2.16. The van der Waals surface area contributed by atoms with E-state index in [1.807, 2.05) is 36.4 Å². The van der Waals surface area contributed by atoms with Crippen LogP contribution in [0.2, 0.25) is 0 Å². The fourth-order valence-corrected chi connectivity index (χ4v) is 5.68. The molecule has 0 saturated heterocycles. The predicted octanol–water partition coefficient (Wildman–Crippen LogP) is 8.27. The second kappa shape index (κ2) is 11.7. The lowest BCUT2D eigenvalue weighted by atomic mass is 9.93. The number of hydrogen-bond donors (Lipinski definition) is 1. The van der Waals surface area contributed by atoms with Crippen LogP contribution in [-0.2, 0) is 19.7 Å². The first kappa shape index (κ1) is 28.3. The Hall–Kier alpha value is -4.24. The maximum absolute atomic E-state index is 14.4. The number of carbonyl (C=O) groups is 2. The summed E-state index contributed by atoms with van der Waals surface area (Å²) in [5.74, 6) is -0.0594. The van der Waals surface area contributed by atoms with Gasteiger partial charge in [0.05, 0.1) is 29.7 Å². The van der Waals surface area contributed by atoms with E-state index in [2.05, 4.69) is 5.32 Å². The minimum absolute atomic E-state index is 0.186. The fraction of sp³-hybridized carbons (Fsp3) is 0.250. The van der Waals surface area contributed by atoms with Crippen LogP contribution in [0.5, 0.6) is 5.75 Å². The van der Waals surface area contributed by atoms with Gasteiger partial charge in [-0.1, -0.05) is 48.5 Å². The molecule has 6 nitrogen and oxygen atoms in total. The first-order valence-corrected chi connectivity index (χ1v) is 14.0. The van der Waals surface area contributed by atoms with E-state index in [0.29, 0.717) is 28.4 Å². The summed E-state index contributed by atoms with van der Waals surface area (Å²) in [5.41, 5.74) is 3.48. The number of nitrogens with one attached hydrogen (secondary N) is 1. The molecule has 1 aliphatic rings. The zero-order valence-electron chi connectivity index (χ0n) is 22.8. The van der Waals surface area contributed by atoms with E-state index in [9.17, 15) is 18.4 Å². The second-order valence-electron chi connectivity index (χ2n) is 9.82. The van der Waals surface area contributed by atoms with Gasteiger partial charge in [0.15, 0.2) is 5.13 Å². The summed E-state index contributed by atoms with van der Waals surface area (Å²) < 4.78 is 44.3. The second-order valence-corrected chi connectivity index (χ2v) is 10.8. The molecule has 0 spiro atoms. The van der Waals surface area contributed by atoms with E-state index in [0.717, 1.165) is 40.9 Å². The van der Waals surface area contributed by atoms with Gasteiger partial charge in [-0.25, -0.2) is 9.18 Å².